The third-order valence-electron chi connectivity index (χ3n) is 4.73. The summed E-state index contributed by atoms with van der Waals surface area (Å²) >= 11 is 0. The molecule has 0 fully saturated rings. The smallest absolute Gasteiger partial charge is 0.286 e. The van der Waals surface area contributed by atoms with Crippen LogP contribution >= 0.6 is 0 Å². The summed E-state index contributed by atoms with van der Waals surface area (Å²) in [7, 11) is 0. The quantitative estimate of drug-likeness (QED) is 0.467. The zero-order valence-electron chi connectivity index (χ0n) is 16.7. The fraction of sp³-hybridized carbons (Fsp3) is 0.429. The van der Waals surface area contributed by atoms with Crippen LogP contribution in [0.15, 0.2) is 31.3 Å². The number of rotatable bonds is 8. The van der Waals surface area contributed by atoms with Gasteiger partial charge in [0.05, 0.1) is 13.1 Å². The van der Waals surface area contributed by atoms with E-state index in [1.165, 1.54) is 21.3 Å². The third kappa shape index (κ3) is 4.85. The van der Waals surface area contributed by atoms with E-state index in [2.05, 4.69) is 11.8 Å². The summed E-state index contributed by atoms with van der Waals surface area (Å²) in [6.45, 7) is 4.02. The van der Waals surface area contributed by atoms with E-state index in [0.29, 0.717) is 30.7 Å². The molecule has 0 saturated carbocycles. The summed E-state index contributed by atoms with van der Waals surface area (Å²) in [6.07, 6.45) is 12.3. The van der Waals surface area contributed by atoms with Gasteiger partial charge in [0.1, 0.15) is 0 Å². The molecule has 2 rings (SSSR count). The van der Waals surface area contributed by atoms with Crippen molar-refractivity contribution in [3.63, 3.8) is 0 Å². The van der Waals surface area contributed by atoms with Gasteiger partial charge in [0, 0.05) is 36.6 Å². The van der Waals surface area contributed by atoms with E-state index in [-0.39, 0.29) is 37.3 Å². The largest absolute Gasteiger partial charge is 0.332 e. The van der Waals surface area contributed by atoms with Crippen molar-refractivity contribution in [3.05, 3.63) is 65.2 Å². The van der Waals surface area contributed by atoms with Gasteiger partial charge >= 0.3 is 11.4 Å². The lowest BCUT2D eigenvalue weighted by Crippen LogP contribution is -2.41. The number of hydrogen-bond donors (Lipinski definition) is 0. The summed E-state index contributed by atoms with van der Waals surface area (Å²) in [5.41, 5.74) is -0.549. The molecule has 2 heterocycles. The first-order valence-electron chi connectivity index (χ1n) is 9.31. The molecule has 29 heavy (non-hydrogen) atoms. The van der Waals surface area contributed by atoms with Gasteiger partial charge in [0.2, 0.25) is 0 Å². The minimum absolute atomic E-state index is 0.102. The Balaban J connectivity index is 2.05. The van der Waals surface area contributed by atoms with Crippen LogP contribution in [0.2, 0.25) is 0 Å². The van der Waals surface area contributed by atoms with Crippen molar-refractivity contribution in [2.75, 3.05) is 0 Å². The highest BCUT2D eigenvalue weighted by atomic mass is 16.2. The molecular formula is C21H24N4O4. The fourth-order valence-electron chi connectivity index (χ4n) is 3.15. The number of hydrogen-bond acceptors (Lipinski definition) is 4. The Morgan fingerprint density at radius 1 is 0.690 bits per heavy atom. The number of unbranched alkanes of at least 4 members (excludes halogenated alkanes) is 2. The second-order valence-electron chi connectivity index (χ2n) is 6.76. The lowest BCUT2D eigenvalue weighted by molar-refractivity contribution is 0.489. The maximum absolute atomic E-state index is 12.4. The van der Waals surface area contributed by atoms with Crippen molar-refractivity contribution in [1.82, 2.24) is 18.3 Å². The highest BCUT2D eigenvalue weighted by Gasteiger charge is 2.09. The van der Waals surface area contributed by atoms with Gasteiger partial charge in [-0.15, -0.1) is 12.8 Å². The van der Waals surface area contributed by atoms with Gasteiger partial charge < -0.3 is 0 Å². The van der Waals surface area contributed by atoms with E-state index < -0.39 is 11.4 Å². The van der Waals surface area contributed by atoms with Gasteiger partial charge in [-0.05, 0) is 33.1 Å². The van der Waals surface area contributed by atoms with E-state index in [1.807, 2.05) is 0 Å². The van der Waals surface area contributed by atoms with E-state index in [9.17, 15) is 19.2 Å². The molecule has 152 valence electrons. The van der Waals surface area contributed by atoms with Crippen LogP contribution in [0.25, 0.3) is 0 Å². The zero-order chi connectivity index (χ0) is 21.6. The van der Waals surface area contributed by atoms with Gasteiger partial charge in [-0.2, -0.15) is 0 Å². The molecule has 2 aromatic rings. The molecule has 0 radical (unpaired) electrons. The van der Waals surface area contributed by atoms with Crippen LogP contribution in [0.1, 0.15) is 30.7 Å². The molecule has 0 N–H and O–H groups in total. The number of terminal acetylenes is 2. The van der Waals surface area contributed by atoms with Crippen molar-refractivity contribution in [2.24, 2.45) is 0 Å². The maximum Gasteiger partial charge on any atom is 0.332 e. The Hall–Kier alpha value is -3.52. The molecule has 0 aromatic carbocycles. The Bertz CT molecular complexity index is 1120. The number of aryl methyl sites for hydroxylation is 2. The van der Waals surface area contributed by atoms with E-state index >= 15 is 0 Å². The predicted molar refractivity (Wildman–Crippen MR) is 111 cm³/mol. The topological polar surface area (TPSA) is 88.0 Å². The average Bonchev–Trinajstić information content (AvgIpc) is 2.66. The first-order valence-corrected chi connectivity index (χ1v) is 9.31. The Morgan fingerprint density at radius 2 is 1.07 bits per heavy atom. The molecule has 0 bridgehead atoms. The molecule has 2 aromatic heterocycles. The maximum atomic E-state index is 12.4. The highest BCUT2D eigenvalue weighted by molar-refractivity contribution is 5.04. The van der Waals surface area contributed by atoms with Crippen LogP contribution in [-0.4, -0.2) is 18.3 Å². The molecule has 0 amide bonds. The minimum Gasteiger partial charge on any atom is -0.286 e. The van der Waals surface area contributed by atoms with Crippen LogP contribution in [0.5, 0.6) is 0 Å². The number of nitrogens with zero attached hydrogens (tertiary/aromatic N) is 4. The Kier molecular flexibility index (Phi) is 7.21. The fourth-order valence-corrected chi connectivity index (χ4v) is 3.15. The summed E-state index contributed by atoms with van der Waals surface area (Å²) in [5.74, 6) is 4.81. The molecule has 0 unspecified atom stereocenters. The minimum atomic E-state index is -0.431. The van der Waals surface area contributed by atoms with Crippen LogP contribution in [-0.2, 0) is 26.2 Å². The molecule has 0 atom stereocenters. The van der Waals surface area contributed by atoms with Gasteiger partial charge in [-0.3, -0.25) is 27.9 Å². The SMILES string of the molecule is C#CCn1c(C)cc(=O)n(CCCCCn2c(=O)cc(C)n(CC#C)c2=O)c1=O. The molecule has 8 nitrogen and oxygen atoms in total. The molecule has 0 aliphatic rings. The molecule has 0 spiro atoms. The lowest BCUT2D eigenvalue weighted by Gasteiger charge is -2.12. The first-order chi connectivity index (χ1) is 13.8. The van der Waals surface area contributed by atoms with Gasteiger partial charge in [-0.1, -0.05) is 11.8 Å². The van der Waals surface area contributed by atoms with Crippen LogP contribution < -0.4 is 22.5 Å². The van der Waals surface area contributed by atoms with E-state index in [1.54, 1.807) is 13.8 Å². The molecule has 0 saturated heterocycles. The second kappa shape index (κ2) is 9.61. The Morgan fingerprint density at radius 3 is 1.41 bits per heavy atom. The van der Waals surface area contributed by atoms with E-state index in [0.717, 1.165) is 9.13 Å². The van der Waals surface area contributed by atoms with Crippen molar-refractivity contribution in [2.45, 2.75) is 59.3 Å². The standard InChI is InChI=1S/C21H24N4O4/c1-5-10-22-16(3)14-18(26)24(20(22)28)12-8-7-9-13-25-19(27)15-17(4)23(11-6-2)21(25)29/h1-2,14-15H,7-13H2,3-4H3. The number of aromatic nitrogens is 4. The van der Waals surface area contributed by atoms with Crippen molar-refractivity contribution >= 4 is 0 Å². The monoisotopic (exact) mass is 396 g/mol. The van der Waals surface area contributed by atoms with Crippen LogP contribution in [0.4, 0.5) is 0 Å². The first kappa shape index (κ1) is 21.8. The van der Waals surface area contributed by atoms with Crippen molar-refractivity contribution < 1.29 is 0 Å². The molecule has 0 aliphatic carbocycles. The van der Waals surface area contributed by atoms with Crippen molar-refractivity contribution in [1.29, 1.82) is 0 Å². The molecule has 0 aliphatic heterocycles. The van der Waals surface area contributed by atoms with Crippen LogP contribution in [0, 0.1) is 38.5 Å². The second-order valence-corrected chi connectivity index (χ2v) is 6.76. The third-order valence-corrected chi connectivity index (χ3v) is 4.73. The zero-order valence-corrected chi connectivity index (χ0v) is 16.7. The summed E-state index contributed by atoms with van der Waals surface area (Å²) in [4.78, 5) is 49.1. The van der Waals surface area contributed by atoms with Gasteiger partial charge in [-0.25, -0.2) is 9.59 Å². The Labute approximate surface area is 168 Å². The predicted octanol–water partition coefficient (Wildman–Crippen LogP) is 0.0871. The lowest BCUT2D eigenvalue weighted by atomic mass is 10.2. The van der Waals surface area contributed by atoms with E-state index in [4.69, 9.17) is 12.8 Å². The highest BCUT2D eigenvalue weighted by Crippen LogP contribution is 1.99. The summed E-state index contributed by atoms with van der Waals surface area (Å²) in [6, 6.07) is 2.77. The van der Waals surface area contributed by atoms with Crippen molar-refractivity contribution in [3.8, 4) is 24.7 Å². The summed E-state index contributed by atoms with van der Waals surface area (Å²) in [5, 5.41) is 0. The normalized spacial score (nSPS) is 10.5. The van der Waals surface area contributed by atoms with Gasteiger partial charge in [0.15, 0.2) is 0 Å². The average molecular weight is 396 g/mol. The summed E-state index contributed by atoms with van der Waals surface area (Å²) < 4.78 is 5.06. The molecular weight excluding hydrogens is 372 g/mol. The van der Waals surface area contributed by atoms with Crippen LogP contribution in [0.3, 0.4) is 0 Å². The molecule has 8 heteroatoms. The van der Waals surface area contributed by atoms with Gasteiger partial charge in [0.25, 0.3) is 11.1 Å².